The second kappa shape index (κ2) is 5.21. The summed E-state index contributed by atoms with van der Waals surface area (Å²) >= 11 is 0. The van der Waals surface area contributed by atoms with Gasteiger partial charge < -0.3 is 0 Å². The van der Waals surface area contributed by atoms with Crippen molar-refractivity contribution in [3.63, 3.8) is 0 Å². The van der Waals surface area contributed by atoms with Gasteiger partial charge in [0.15, 0.2) is 0 Å². The van der Waals surface area contributed by atoms with Gasteiger partial charge in [-0.2, -0.15) is 5.10 Å². The summed E-state index contributed by atoms with van der Waals surface area (Å²) in [5.74, 6) is 0. The Kier molecular flexibility index (Phi) is 3.38. The SMILES string of the molecule is CC(C)(C)c1cn(-c2ccccc2)nc1-c1ccccc1. The van der Waals surface area contributed by atoms with Crippen molar-refractivity contribution in [1.82, 2.24) is 9.78 Å². The highest BCUT2D eigenvalue weighted by Crippen LogP contribution is 2.32. The van der Waals surface area contributed by atoms with Gasteiger partial charge in [-0.15, -0.1) is 0 Å². The average molecular weight is 276 g/mol. The Bertz CT molecular complexity index is 719. The van der Waals surface area contributed by atoms with Crippen molar-refractivity contribution in [3.05, 3.63) is 72.4 Å². The van der Waals surface area contributed by atoms with Crippen LogP contribution in [-0.2, 0) is 5.41 Å². The first-order valence-corrected chi connectivity index (χ1v) is 7.27. The Morgan fingerprint density at radius 2 is 1.38 bits per heavy atom. The van der Waals surface area contributed by atoms with Crippen LogP contribution >= 0.6 is 0 Å². The molecular formula is C19H20N2. The quantitative estimate of drug-likeness (QED) is 0.655. The first-order chi connectivity index (χ1) is 10.1. The van der Waals surface area contributed by atoms with Gasteiger partial charge in [0.1, 0.15) is 0 Å². The minimum atomic E-state index is 0.0538. The lowest BCUT2D eigenvalue weighted by Gasteiger charge is -2.18. The number of rotatable bonds is 2. The molecule has 0 aliphatic heterocycles. The predicted octanol–water partition coefficient (Wildman–Crippen LogP) is 4.84. The van der Waals surface area contributed by atoms with Crippen LogP contribution < -0.4 is 0 Å². The fourth-order valence-corrected chi connectivity index (χ4v) is 2.45. The van der Waals surface area contributed by atoms with Gasteiger partial charge in [-0.05, 0) is 17.5 Å². The molecule has 0 saturated carbocycles. The third kappa shape index (κ3) is 2.75. The third-order valence-electron chi connectivity index (χ3n) is 3.59. The molecule has 106 valence electrons. The summed E-state index contributed by atoms with van der Waals surface area (Å²) in [6.45, 7) is 6.68. The lowest BCUT2D eigenvalue weighted by Crippen LogP contribution is -2.11. The molecule has 0 saturated heterocycles. The van der Waals surface area contributed by atoms with Crippen molar-refractivity contribution in [1.29, 1.82) is 0 Å². The van der Waals surface area contributed by atoms with Gasteiger partial charge >= 0.3 is 0 Å². The number of hydrogen-bond acceptors (Lipinski definition) is 1. The van der Waals surface area contributed by atoms with E-state index in [2.05, 4.69) is 63.4 Å². The molecular weight excluding hydrogens is 256 g/mol. The fraction of sp³-hybridized carbons (Fsp3) is 0.211. The smallest absolute Gasteiger partial charge is 0.0964 e. The van der Waals surface area contributed by atoms with Gasteiger partial charge in [0, 0.05) is 17.3 Å². The first-order valence-electron chi connectivity index (χ1n) is 7.27. The highest BCUT2D eigenvalue weighted by atomic mass is 15.3. The lowest BCUT2D eigenvalue weighted by molar-refractivity contribution is 0.591. The van der Waals surface area contributed by atoms with E-state index in [9.17, 15) is 0 Å². The van der Waals surface area contributed by atoms with Crippen LogP contribution in [-0.4, -0.2) is 9.78 Å². The zero-order chi connectivity index (χ0) is 14.9. The molecule has 2 aromatic carbocycles. The monoisotopic (exact) mass is 276 g/mol. The van der Waals surface area contributed by atoms with Crippen LogP contribution in [0.4, 0.5) is 0 Å². The van der Waals surface area contributed by atoms with E-state index >= 15 is 0 Å². The minimum Gasteiger partial charge on any atom is -0.240 e. The summed E-state index contributed by atoms with van der Waals surface area (Å²) < 4.78 is 1.98. The van der Waals surface area contributed by atoms with E-state index in [1.165, 1.54) is 5.56 Å². The van der Waals surface area contributed by atoms with E-state index in [0.29, 0.717) is 0 Å². The highest BCUT2D eigenvalue weighted by molar-refractivity contribution is 5.64. The molecule has 2 heteroatoms. The van der Waals surface area contributed by atoms with Crippen LogP contribution in [0.2, 0.25) is 0 Å². The second-order valence-corrected chi connectivity index (χ2v) is 6.29. The fourth-order valence-electron chi connectivity index (χ4n) is 2.45. The molecule has 0 aliphatic carbocycles. The van der Waals surface area contributed by atoms with E-state index < -0.39 is 0 Å². The molecule has 3 aromatic rings. The molecule has 0 amide bonds. The number of para-hydroxylation sites is 1. The summed E-state index contributed by atoms with van der Waals surface area (Å²) in [6.07, 6.45) is 2.15. The molecule has 21 heavy (non-hydrogen) atoms. The third-order valence-corrected chi connectivity index (χ3v) is 3.59. The molecule has 0 N–H and O–H groups in total. The maximum atomic E-state index is 4.83. The Labute approximate surface area is 126 Å². The standard InChI is InChI=1S/C19H20N2/c1-19(2,3)17-14-21(16-12-8-5-9-13-16)20-18(17)15-10-6-4-7-11-15/h4-14H,1-3H3. The molecule has 0 aliphatic rings. The van der Waals surface area contributed by atoms with Gasteiger partial charge in [0.25, 0.3) is 0 Å². The molecule has 1 heterocycles. The van der Waals surface area contributed by atoms with Crippen molar-refractivity contribution < 1.29 is 0 Å². The van der Waals surface area contributed by atoms with E-state index in [-0.39, 0.29) is 5.41 Å². The van der Waals surface area contributed by atoms with Crippen LogP contribution in [0.3, 0.4) is 0 Å². The van der Waals surface area contributed by atoms with Gasteiger partial charge in [-0.25, -0.2) is 4.68 Å². The zero-order valence-corrected chi connectivity index (χ0v) is 12.7. The van der Waals surface area contributed by atoms with E-state index in [1.54, 1.807) is 0 Å². The molecule has 1 aromatic heterocycles. The van der Waals surface area contributed by atoms with Crippen LogP contribution in [0.15, 0.2) is 66.9 Å². The summed E-state index contributed by atoms with van der Waals surface area (Å²) in [6, 6.07) is 20.6. The van der Waals surface area contributed by atoms with Gasteiger partial charge in [-0.3, -0.25) is 0 Å². The largest absolute Gasteiger partial charge is 0.240 e. The van der Waals surface area contributed by atoms with Crippen molar-refractivity contribution >= 4 is 0 Å². The number of benzene rings is 2. The normalized spacial score (nSPS) is 11.6. The maximum Gasteiger partial charge on any atom is 0.0964 e. The Morgan fingerprint density at radius 1 is 0.810 bits per heavy atom. The van der Waals surface area contributed by atoms with E-state index in [1.807, 2.05) is 28.9 Å². The highest BCUT2D eigenvalue weighted by Gasteiger charge is 2.22. The van der Waals surface area contributed by atoms with E-state index in [0.717, 1.165) is 16.9 Å². The van der Waals surface area contributed by atoms with E-state index in [4.69, 9.17) is 5.10 Å². The molecule has 0 bridgehead atoms. The summed E-state index contributed by atoms with van der Waals surface area (Å²) in [4.78, 5) is 0. The first kappa shape index (κ1) is 13.6. The van der Waals surface area contributed by atoms with Crippen molar-refractivity contribution in [2.24, 2.45) is 0 Å². The van der Waals surface area contributed by atoms with Crippen LogP contribution in [0, 0.1) is 0 Å². The lowest BCUT2D eigenvalue weighted by atomic mass is 9.86. The summed E-state index contributed by atoms with van der Waals surface area (Å²) in [5, 5.41) is 4.83. The molecule has 0 radical (unpaired) electrons. The van der Waals surface area contributed by atoms with Gasteiger partial charge in [0.05, 0.1) is 11.4 Å². The maximum absolute atomic E-state index is 4.83. The number of nitrogens with zero attached hydrogens (tertiary/aromatic N) is 2. The van der Waals surface area contributed by atoms with Crippen molar-refractivity contribution in [2.45, 2.75) is 26.2 Å². The number of aromatic nitrogens is 2. The molecule has 2 nitrogen and oxygen atoms in total. The van der Waals surface area contributed by atoms with Crippen molar-refractivity contribution in [2.75, 3.05) is 0 Å². The molecule has 0 spiro atoms. The topological polar surface area (TPSA) is 17.8 Å². The molecule has 0 atom stereocenters. The summed E-state index contributed by atoms with van der Waals surface area (Å²) in [5.41, 5.74) is 4.63. The average Bonchev–Trinajstić information content (AvgIpc) is 2.94. The van der Waals surface area contributed by atoms with Crippen molar-refractivity contribution in [3.8, 4) is 16.9 Å². The molecule has 0 fully saturated rings. The van der Waals surface area contributed by atoms with Gasteiger partial charge in [0.2, 0.25) is 0 Å². The molecule has 0 unspecified atom stereocenters. The predicted molar refractivity (Wildman–Crippen MR) is 87.7 cm³/mol. The number of hydrogen-bond donors (Lipinski definition) is 0. The van der Waals surface area contributed by atoms with Crippen LogP contribution in [0.5, 0.6) is 0 Å². The van der Waals surface area contributed by atoms with Gasteiger partial charge in [-0.1, -0.05) is 69.3 Å². The minimum absolute atomic E-state index is 0.0538. The van der Waals surface area contributed by atoms with Crippen LogP contribution in [0.25, 0.3) is 16.9 Å². The van der Waals surface area contributed by atoms with Crippen LogP contribution in [0.1, 0.15) is 26.3 Å². The second-order valence-electron chi connectivity index (χ2n) is 6.29. The Balaban J connectivity index is 2.17. The zero-order valence-electron chi connectivity index (χ0n) is 12.7. The Hall–Kier alpha value is -2.35. The summed E-state index contributed by atoms with van der Waals surface area (Å²) in [7, 11) is 0. The molecule has 3 rings (SSSR count). The Morgan fingerprint density at radius 3 is 1.95 bits per heavy atom.